The number of hydrogen-bond donors (Lipinski definition) is 2. The van der Waals surface area contributed by atoms with Gasteiger partial charge in [0.25, 0.3) is 0 Å². The van der Waals surface area contributed by atoms with Crippen molar-refractivity contribution in [1.29, 1.82) is 0 Å². The normalized spacial score (nSPS) is 22.0. The molecule has 1 aliphatic carbocycles. The maximum absolute atomic E-state index is 14.1. The molecule has 1 saturated carbocycles. The molecule has 2 aliphatic heterocycles. The van der Waals surface area contributed by atoms with Gasteiger partial charge >= 0.3 is 0 Å². The third kappa shape index (κ3) is 6.46. The van der Waals surface area contributed by atoms with Gasteiger partial charge in [0.1, 0.15) is 17.3 Å². The molecule has 0 aromatic heterocycles. The minimum Gasteiger partial charge on any atom is -0.365 e. The topological polar surface area (TPSA) is 63.2 Å². The number of para-hydroxylation sites is 1. The molecule has 3 aliphatic rings. The smallest absolute Gasteiger partial charge is 0.225 e. The number of nitrogens with zero attached hydrogens (tertiary/aromatic N) is 4. The molecule has 2 N–H and O–H groups in total. The van der Waals surface area contributed by atoms with Gasteiger partial charge in [0.05, 0.1) is 0 Å². The van der Waals surface area contributed by atoms with Crippen molar-refractivity contribution >= 4 is 41.5 Å². The van der Waals surface area contributed by atoms with Gasteiger partial charge in [0.15, 0.2) is 5.96 Å². The van der Waals surface area contributed by atoms with Crippen LogP contribution in [0.2, 0.25) is 0 Å². The Labute approximate surface area is 212 Å². The third-order valence-corrected chi connectivity index (χ3v) is 6.87. The van der Waals surface area contributed by atoms with Crippen LogP contribution < -0.4 is 15.5 Å². The molecule has 3 fully saturated rings. The van der Waals surface area contributed by atoms with Crippen molar-refractivity contribution in [3.63, 3.8) is 0 Å². The molecule has 4 rings (SSSR count). The van der Waals surface area contributed by atoms with Crippen molar-refractivity contribution in [1.82, 2.24) is 20.4 Å². The summed E-state index contributed by atoms with van der Waals surface area (Å²) in [6.45, 7) is 6.17. The number of hydrogen-bond acceptors (Lipinski definition) is 4. The van der Waals surface area contributed by atoms with Crippen LogP contribution in [-0.2, 0) is 4.79 Å². The van der Waals surface area contributed by atoms with E-state index < -0.39 is 11.6 Å². The molecular formula is C23H35F2IN6O. The lowest BCUT2D eigenvalue weighted by atomic mass is 9.84. The van der Waals surface area contributed by atoms with Gasteiger partial charge in [-0.25, -0.2) is 8.78 Å². The second-order valence-electron chi connectivity index (χ2n) is 8.94. The van der Waals surface area contributed by atoms with Crippen LogP contribution in [0.5, 0.6) is 0 Å². The number of nitrogens with one attached hydrogen (secondary N) is 2. The summed E-state index contributed by atoms with van der Waals surface area (Å²) in [6.07, 6.45) is 4.09. The largest absolute Gasteiger partial charge is 0.365 e. The van der Waals surface area contributed by atoms with E-state index in [1.165, 1.54) is 24.6 Å². The number of amides is 1. The number of carbonyl (C=O) groups is 1. The Hall–Kier alpha value is -1.69. The zero-order valence-corrected chi connectivity index (χ0v) is 21.6. The van der Waals surface area contributed by atoms with Crippen LogP contribution in [0.1, 0.15) is 25.7 Å². The second kappa shape index (κ2) is 12.1. The van der Waals surface area contributed by atoms with Crippen LogP contribution in [0.4, 0.5) is 14.5 Å². The van der Waals surface area contributed by atoms with Gasteiger partial charge in [-0.1, -0.05) is 12.5 Å². The molecule has 33 heavy (non-hydrogen) atoms. The van der Waals surface area contributed by atoms with Crippen LogP contribution in [0.25, 0.3) is 0 Å². The van der Waals surface area contributed by atoms with E-state index >= 15 is 0 Å². The number of halogens is 3. The van der Waals surface area contributed by atoms with Crippen molar-refractivity contribution in [3.05, 3.63) is 29.8 Å². The molecule has 1 atom stereocenters. The van der Waals surface area contributed by atoms with Crippen LogP contribution in [0, 0.1) is 17.6 Å². The van der Waals surface area contributed by atoms with Gasteiger partial charge in [0.2, 0.25) is 5.91 Å². The van der Waals surface area contributed by atoms with Crippen molar-refractivity contribution in [2.24, 2.45) is 10.9 Å². The fourth-order valence-electron chi connectivity index (χ4n) is 4.70. The summed E-state index contributed by atoms with van der Waals surface area (Å²) in [7, 11) is 1.73. The first-order chi connectivity index (χ1) is 15.5. The lowest BCUT2D eigenvalue weighted by Gasteiger charge is -2.38. The van der Waals surface area contributed by atoms with Crippen molar-refractivity contribution in [2.45, 2.75) is 31.7 Å². The zero-order chi connectivity index (χ0) is 22.5. The predicted octanol–water partition coefficient (Wildman–Crippen LogP) is 2.27. The Morgan fingerprint density at radius 2 is 1.79 bits per heavy atom. The SMILES string of the molecule is CN=C(NCCN1CCN(C(=O)C2CCC2)CC1)NC1CCN(c2c(F)cccc2F)C1.I. The summed E-state index contributed by atoms with van der Waals surface area (Å²) < 4.78 is 28.1. The lowest BCUT2D eigenvalue weighted by Crippen LogP contribution is -2.53. The molecule has 1 aromatic rings. The average molecular weight is 576 g/mol. The molecule has 0 bridgehead atoms. The van der Waals surface area contributed by atoms with Crippen LogP contribution in [0.15, 0.2) is 23.2 Å². The summed E-state index contributed by atoms with van der Waals surface area (Å²) in [5, 5.41) is 6.71. The first-order valence-electron chi connectivity index (χ1n) is 11.7. The number of anilines is 1. The summed E-state index contributed by atoms with van der Waals surface area (Å²) in [4.78, 5) is 22.8. The Morgan fingerprint density at radius 3 is 2.39 bits per heavy atom. The number of guanidine groups is 1. The second-order valence-corrected chi connectivity index (χ2v) is 8.94. The average Bonchev–Trinajstić information content (AvgIpc) is 3.20. The van der Waals surface area contributed by atoms with E-state index in [1.54, 1.807) is 11.9 Å². The summed E-state index contributed by atoms with van der Waals surface area (Å²) >= 11 is 0. The first kappa shape index (κ1) is 25.9. The Balaban J connectivity index is 0.00000306. The molecular weight excluding hydrogens is 541 g/mol. The molecule has 1 aromatic carbocycles. The molecule has 0 spiro atoms. The number of rotatable bonds is 6. The van der Waals surface area contributed by atoms with E-state index in [0.717, 1.165) is 58.5 Å². The Bertz CT molecular complexity index is 809. The van der Waals surface area contributed by atoms with Crippen LogP contribution in [0.3, 0.4) is 0 Å². The van der Waals surface area contributed by atoms with Gasteiger partial charge < -0.3 is 20.4 Å². The van der Waals surface area contributed by atoms with Crippen LogP contribution >= 0.6 is 24.0 Å². The molecule has 2 saturated heterocycles. The highest BCUT2D eigenvalue weighted by Crippen LogP contribution is 2.28. The Morgan fingerprint density at radius 1 is 1.09 bits per heavy atom. The maximum Gasteiger partial charge on any atom is 0.225 e. The quantitative estimate of drug-likeness (QED) is 0.309. The fraction of sp³-hybridized carbons (Fsp3) is 0.652. The molecule has 10 heteroatoms. The number of piperazine rings is 1. The Kier molecular flexibility index (Phi) is 9.54. The molecule has 2 heterocycles. The van der Waals surface area contributed by atoms with E-state index in [2.05, 4.69) is 20.5 Å². The van der Waals surface area contributed by atoms with Gasteiger partial charge in [-0.15, -0.1) is 24.0 Å². The minimum atomic E-state index is -0.525. The molecule has 7 nitrogen and oxygen atoms in total. The van der Waals surface area contributed by atoms with E-state index in [-0.39, 0.29) is 41.6 Å². The number of aliphatic imine (C=N–C) groups is 1. The van der Waals surface area contributed by atoms with Gasteiger partial charge in [0, 0.05) is 71.4 Å². The highest BCUT2D eigenvalue weighted by atomic mass is 127. The number of carbonyl (C=O) groups excluding carboxylic acids is 1. The lowest BCUT2D eigenvalue weighted by molar-refractivity contribution is -0.139. The summed E-state index contributed by atoms with van der Waals surface area (Å²) in [5.41, 5.74) is 0.0506. The van der Waals surface area contributed by atoms with E-state index in [0.29, 0.717) is 25.0 Å². The van der Waals surface area contributed by atoms with Crippen LogP contribution in [-0.4, -0.2) is 87.1 Å². The standard InChI is InChI=1S/C23H34F2N6O.HI/c1-26-23(28-18-8-10-31(16-18)21-19(24)6-3-7-20(21)25)27-9-11-29-12-14-30(15-13-29)22(32)17-4-2-5-17;/h3,6-7,17-18H,2,4-5,8-16H2,1H3,(H2,26,27,28);1H. The van der Waals surface area contributed by atoms with Gasteiger partial charge in [-0.3, -0.25) is 14.7 Å². The maximum atomic E-state index is 14.1. The summed E-state index contributed by atoms with van der Waals surface area (Å²) in [6, 6.07) is 4.05. The van der Waals surface area contributed by atoms with E-state index in [1.807, 2.05) is 4.90 Å². The molecule has 1 unspecified atom stereocenters. The number of benzene rings is 1. The minimum absolute atomic E-state index is 0. The van der Waals surface area contributed by atoms with E-state index in [9.17, 15) is 13.6 Å². The van der Waals surface area contributed by atoms with Gasteiger partial charge in [-0.05, 0) is 31.4 Å². The fourth-order valence-corrected chi connectivity index (χ4v) is 4.70. The monoisotopic (exact) mass is 576 g/mol. The first-order valence-corrected chi connectivity index (χ1v) is 11.7. The molecule has 184 valence electrons. The highest BCUT2D eigenvalue weighted by Gasteiger charge is 2.31. The van der Waals surface area contributed by atoms with Crippen molar-refractivity contribution in [3.8, 4) is 0 Å². The molecule has 0 radical (unpaired) electrons. The summed E-state index contributed by atoms with van der Waals surface area (Å²) in [5.74, 6) is 0.272. The third-order valence-electron chi connectivity index (χ3n) is 6.87. The highest BCUT2D eigenvalue weighted by molar-refractivity contribution is 14.0. The van der Waals surface area contributed by atoms with Crippen molar-refractivity contribution < 1.29 is 13.6 Å². The molecule has 1 amide bonds. The van der Waals surface area contributed by atoms with E-state index in [4.69, 9.17) is 0 Å². The van der Waals surface area contributed by atoms with Gasteiger partial charge in [-0.2, -0.15) is 0 Å². The van der Waals surface area contributed by atoms with Crippen molar-refractivity contribution in [2.75, 3.05) is 64.3 Å². The zero-order valence-electron chi connectivity index (χ0n) is 19.2. The predicted molar refractivity (Wildman–Crippen MR) is 137 cm³/mol.